The van der Waals surface area contributed by atoms with E-state index in [1.807, 2.05) is 115 Å². The Balaban J connectivity index is 1.83. The highest BCUT2D eigenvalue weighted by atomic mass is 79.9. The van der Waals surface area contributed by atoms with Crippen LogP contribution in [-0.2, 0) is 19.9 Å². The quantitative estimate of drug-likeness (QED) is 0.198. The minimum absolute atomic E-state index is 0.0869. The number of hydrogen-bond acceptors (Lipinski definition) is 4. The second kappa shape index (κ2) is 10.2. The van der Waals surface area contributed by atoms with Crippen molar-refractivity contribution in [1.82, 2.24) is 0 Å². The molecule has 0 amide bonds. The van der Waals surface area contributed by atoms with Gasteiger partial charge >= 0.3 is 5.97 Å². The lowest BCUT2D eigenvalue weighted by Crippen LogP contribution is -2.43. The molecule has 0 saturated carbocycles. The molecule has 180 valence electrons. The Hall–Kier alpha value is -3.54. The first kappa shape index (κ1) is 24.2. The van der Waals surface area contributed by atoms with Crippen LogP contribution in [0.15, 0.2) is 120 Å². The zero-order valence-corrected chi connectivity index (χ0v) is 21.3. The molecular formula is C31H25BrO4. The first-order valence-corrected chi connectivity index (χ1v) is 12.6. The Kier molecular flexibility index (Phi) is 6.86. The predicted molar refractivity (Wildman–Crippen MR) is 142 cm³/mol. The van der Waals surface area contributed by atoms with Crippen LogP contribution >= 0.6 is 15.9 Å². The molecule has 0 aromatic heterocycles. The first-order chi connectivity index (χ1) is 17.6. The number of methoxy groups -OCH3 is 1. The van der Waals surface area contributed by atoms with E-state index in [0.29, 0.717) is 15.6 Å². The third-order valence-electron chi connectivity index (χ3n) is 6.85. The van der Waals surface area contributed by atoms with Crippen molar-refractivity contribution < 1.29 is 19.1 Å². The standard InChI is InChI=1S/C31H25BrO4/c1-35-30(34)31(24-19-11-12-20-25(24)32)27(21-13-5-2-6-14-21)26(28(33)22-15-7-3-8-16-22)29(36-31)23-17-9-4-10-18-23/h2-20,26-27,29H,1H3/t26-,27+,29-,31-/m1/s1. The summed E-state index contributed by atoms with van der Waals surface area (Å²) < 4.78 is 13.0. The summed E-state index contributed by atoms with van der Waals surface area (Å²) in [5.41, 5.74) is 1.28. The van der Waals surface area contributed by atoms with Crippen LogP contribution in [0.5, 0.6) is 0 Å². The van der Waals surface area contributed by atoms with E-state index in [0.717, 1.165) is 11.1 Å². The lowest BCUT2D eigenvalue weighted by molar-refractivity contribution is -0.171. The molecule has 1 aliphatic heterocycles. The summed E-state index contributed by atoms with van der Waals surface area (Å²) in [6, 6.07) is 35.9. The number of halogens is 1. The second-order valence-corrected chi connectivity index (χ2v) is 9.65. The summed E-state index contributed by atoms with van der Waals surface area (Å²) in [5, 5.41) is 0. The second-order valence-electron chi connectivity index (χ2n) is 8.80. The lowest BCUT2D eigenvalue weighted by atomic mass is 9.69. The van der Waals surface area contributed by atoms with E-state index in [2.05, 4.69) is 15.9 Å². The summed E-state index contributed by atoms with van der Waals surface area (Å²) >= 11 is 3.64. The van der Waals surface area contributed by atoms with Crippen LogP contribution in [0.1, 0.15) is 39.1 Å². The maximum atomic E-state index is 14.3. The number of ketones is 1. The van der Waals surface area contributed by atoms with E-state index >= 15 is 0 Å². The van der Waals surface area contributed by atoms with E-state index in [1.165, 1.54) is 7.11 Å². The number of hydrogen-bond donors (Lipinski definition) is 0. The van der Waals surface area contributed by atoms with Crippen molar-refractivity contribution in [3.8, 4) is 0 Å². The van der Waals surface area contributed by atoms with E-state index < -0.39 is 29.5 Å². The summed E-state index contributed by atoms with van der Waals surface area (Å²) in [6.45, 7) is 0. The maximum Gasteiger partial charge on any atom is 0.343 e. The number of esters is 1. The van der Waals surface area contributed by atoms with Crippen molar-refractivity contribution in [1.29, 1.82) is 0 Å². The minimum atomic E-state index is -1.56. The Morgan fingerprint density at radius 3 is 1.86 bits per heavy atom. The highest BCUT2D eigenvalue weighted by Gasteiger charge is 2.64. The van der Waals surface area contributed by atoms with Crippen LogP contribution in [0.25, 0.3) is 0 Å². The van der Waals surface area contributed by atoms with E-state index in [-0.39, 0.29) is 5.78 Å². The van der Waals surface area contributed by atoms with Crippen molar-refractivity contribution >= 4 is 27.7 Å². The van der Waals surface area contributed by atoms with Gasteiger partial charge in [0.1, 0.15) is 0 Å². The fourth-order valence-electron chi connectivity index (χ4n) is 5.31. The van der Waals surface area contributed by atoms with Crippen molar-refractivity contribution in [2.24, 2.45) is 5.92 Å². The smallest absolute Gasteiger partial charge is 0.343 e. The molecule has 4 aromatic rings. The minimum Gasteiger partial charge on any atom is -0.467 e. The van der Waals surface area contributed by atoms with Crippen molar-refractivity contribution in [3.05, 3.63) is 142 Å². The van der Waals surface area contributed by atoms with E-state index in [4.69, 9.17) is 9.47 Å². The molecule has 1 saturated heterocycles. The molecule has 1 heterocycles. The Morgan fingerprint density at radius 2 is 1.28 bits per heavy atom. The molecule has 1 aliphatic rings. The number of carbonyl (C=O) groups excluding carboxylic acids is 2. The predicted octanol–water partition coefficient (Wildman–Crippen LogP) is 6.87. The average Bonchev–Trinajstić information content (AvgIpc) is 3.31. The van der Waals surface area contributed by atoms with Crippen molar-refractivity contribution in [2.45, 2.75) is 17.6 Å². The van der Waals surface area contributed by atoms with Crippen LogP contribution < -0.4 is 0 Å². The third kappa shape index (κ3) is 4.08. The number of Topliss-reactive ketones (excluding diaryl/α,β-unsaturated/α-hetero) is 1. The maximum absolute atomic E-state index is 14.3. The molecule has 0 bridgehead atoms. The van der Waals surface area contributed by atoms with Crippen molar-refractivity contribution in [2.75, 3.05) is 7.11 Å². The SMILES string of the molecule is COC(=O)[C@]1(c2ccccc2Br)O[C@H](c2ccccc2)[C@@H](C(=O)c2ccccc2)[C@@H]1c1ccccc1. The van der Waals surface area contributed by atoms with Gasteiger partial charge < -0.3 is 9.47 Å². The Labute approximate surface area is 219 Å². The number of benzene rings is 4. The summed E-state index contributed by atoms with van der Waals surface area (Å²) in [7, 11) is 1.36. The molecule has 0 unspecified atom stereocenters. The highest BCUT2D eigenvalue weighted by molar-refractivity contribution is 9.10. The number of ether oxygens (including phenoxy) is 2. The fraction of sp³-hybridized carbons (Fsp3) is 0.161. The topological polar surface area (TPSA) is 52.6 Å². The molecule has 4 nitrogen and oxygen atoms in total. The van der Waals surface area contributed by atoms with Gasteiger partial charge in [0.05, 0.1) is 19.1 Å². The zero-order valence-electron chi connectivity index (χ0n) is 19.7. The van der Waals surface area contributed by atoms with Gasteiger partial charge in [-0.1, -0.05) is 125 Å². The van der Waals surface area contributed by atoms with Gasteiger partial charge in [-0.25, -0.2) is 4.79 Å². The van der Waals surface area contributed by atoms with Crippen LogP contribution in [0.3, 0.4) is 0 Å². The average molecular weight is 541 g/mol. The molecule has 0 radical (unpaired) electrons. The monoisotopic (exact) mass is 540 g/mol. The van der Waals surface area contributed by atoms with E-state index in [9.17, 15) is 9.59 Å². The third-order valence-corrected chi connectivity index (χ3v) is 7.54. The molecule has 5 heteroatoms. The van der Waals surface area contributed by atoms with Gasteiger partial charge in [0.15, 0.2) is 11.4 Å². The first-order valence-electron chi connectivity index (χ1n) is 11.8. The van der Waals surface area contributed by atoms with Gasteiger partial charge in [-0.15, -0.1) is 0 Å². The van der Waals surface area contributed by atoms with Gasteiger partial charge in [-0.2, -0.15) is 0 Å². The summed E-state index contributed by atoms with van der Waals surface area (Å²) in [4.78, 5) is 28.2. The van der Waals surface area contributed by atoms with Gasteiger partial charge in [-0.3, -0.25) is 4.79 Å². The van der Waals surface area contributed by atoms with Gasteiger partial charge in [0.25, 0.3) is 0 Å². The molecule has 4 aromatic carbocycles. The van der Waals surface area contributed by atoms with Crippen LogP contribution in [0.2, 0.25) is 0 Å². The Bertz CT molecular complexity index is 1360. The van der Waals surface area contributed by atoms with Crippen LogP contribution in [-0.4, -0.2) is 18.9 Å². The zero-order chi connectivity index (χ0) is 25.1. The number of rotatable bonds is 6. The van der Waals surface area contributed by atoms with Crippen molar-refractivity contribution in [3.63, 3.8) is 0 Å². The lowest BCUT2D eigenvalue weighted by Gasteiger charge is -2.34. The molecule has 5 rings (SSSR count). The summed E-state index contributed by atoms with van der Waals surface area (Å²) in [6.07, 6.45) is -0.685. The van der Waals surface area contributed by atoms with E-state index in [1.54, 1.807) is 0 Å². The Morgan fingerprint density at radius 1 is 0.750 bits per heavy atom. The molecule has 4 atom stereocenters. The number of carbonyl (C=O) groups is 2. The highest BCUT2D eigenvalue weighted by Crippen LogP contribution is 2.60. The van der Waals surface area contributed by atoms with Crippen LogP contribution in [0, 0.1) is 5.92 Å². The molecule has 0 spiro atoms. The largest absolute Gasteiger partial charge is 0.467 e. The summed E-state index contributed by atoms with van der Waals surface area (Å²) in [5.74, 6) is -1.98. The van der Waals surface area contributed by atoms with Gasteiger partial charge in [-0.05, 0) is 17.2 Å². The molecule has 0 aliphatic carbocycles. The molecule has 36 heavy (non-hydrogen) atoms. The van der Waals surface area contributed by atoms with Gasteiger partial charge in [0, 0.05) is 21.5 Å². The fourth-order valence-corrected chi connectivity index (χ4v) is 5.89. The normalized spacial score (nSPS) is 23.2. The molecule has 1 fully saturated rings. The molecule has 0 N–H and O–H groups in total. The molecular weight excluding hydrogens is 516 g/mol. The van der Waals surface area contributed by atoms with Gasteiger partial charge in [0.2, 0.25) is 0 Å². The van der Waals surface area contributed by atoms with Crippen LogP contribution in [0.4, 0.5) is 0 Å².